The second-order valence-electron chi connectivity index (χ2n) is 1.77. The van der Waals surface area contributed by atoms with Crippen LogP contribution in [0.25, 0.3) is 0 Å². The van der Waals surface area contributed by atoms with Crippen LogP contribution in [0.2, 0.25) is 0 Å². The fourth-order valence-corrected chi connectivity index (χ4v) is 0.354. The van der Waals surface area contributed by atoms with Crippen molar-refractivity contribution in [3.05, 3.63) is 0 Å². The van der Waals surface area contributed by atoms with Gasteiger partial charge in [-0.15, -0.1) is 0 Å². The predicted octanol–water partition coefficient (Wildman–Crippen LogP) is -1.31. The van der Waals surface area contributed by atoms with E-state index in [1.807, 2.05) is 0 Å². The normalized spacial score (nSPS) is 17.3. The van der Waals surface area contributed by atoms with Crippen molar-refractivity contribution in [1.82, 2.24) is 0 Å². The summed E-state index contributed by atoms with van der Waals surface area (Å²) in [5, 5.41) is 25.2. The van der Waals surface area contributed by atoms with E-state index in [0.717, 1.165) is 0 Å². The van der Waals surface area contributed by atoms with Gasteiger partial charge in [0.25, 0.3) is 0 Å². The number of hydrogen-bond acceptors (Lipinski definition) is 4. The molecule has 0 rings (SSSR count). The molecule has 0 fully saturated rings. The molecule has 2 unspecified atom stereocenters. The van der Waals surface area contributed by atoms with E-state index in [4.69, 9.17) is 15.3 Å². The highest BCUT2D eigenvalue weighted by Crippen LogP contribution is 1.92. The molecule has 0 radical (unpaired) electrons. The van der Waals surface area contributed by atoms with E-state index in [1.54, 1.807) is 6.92 Å². The molecule has 2 atom stereocenters. The highest BCUT2D eigenvalue weighted by molar-refractivity contribution is 4.45. The highest BCUT2D eigenvalue weighted by atomic mass is 16.6. The van der Waals surface area contributed by atoms with Gasteiger partial charge >= 0.3 is 0 Å². The monoisotopic (exact) mass is 136 g/mol. The van der Waals surface area contributed by atoms with Gasteiger partial charge in [-0.05, 0) is 6.92 Å². The van der Waals surface area contributed by atoms with Gasteiger partial charge in [0.2, 0.25) is 0 Å². The Labute approximate surface area is 53.7 Å². The Morgan fingerprint density at radius 1 is 1.33 bits per heavy atom. The van der Waals surface area contributed by atoms with E-state index in [0.29, 0.717) is 0 Å². The number of rotatable bonds is 4. The molecule has 4 heteroatoms. The van der Waals surface area contributed by atoms with Crippen LogP contribution < -0.4 is 0 Å². The third-order valence-corrected chi connectivity index (χ3v) is 0.803. The second kappa shape index (κ2) is 4.69. The summed E-state index contributed by atoms with van der Waals surface area (Å²) >= 11 is 0. The summed E-state index contributed by atoms with van der Waals surface area (Å²) in [5.74, 6) is 0. The lowest BCUT2D eigenvalue weighted by Gasteiger charge is -2.13. The van der Waals surface area contributed by atoms with Gasteiger partial charge in [-0.3, -0.25) is 0 Å². The first-order chi connectivity index (χ1) is 4.20. The first-order valence-corrected chi connectivity index (χ1v) is 2.76. The molecule has 0 heterocycles. The zero-order valence-electron chi connectivity index (χ0n) is 5.32. The van der Waals surface area contributed by atoms with Crippen LogP contribution in [-0.4, -0.2) is 40.9 Å². The van der Waals surface area contributed by atoms with E-state index < -0.39 is 19.0 Å². The molecule has 0 amide bonds. The standard InChI is InChI=1S/C5H12O4/c1-4(2-6)9-5(8)3-7/h4-8H,2-3H2,1H3. The van der Waals surface area contributed by atoms with Gasteiger partial charge in [0.15, 0.2) is 6.29 Å². The molecule has 0 aliphatic heterocycles. The van der Waals surface area contributed by atoms with Crippen molar-refractivity contribution < 1.29 is 20.1 Å². The largest absolute Gasteiger partial charge is 0.394 e. The zero-order valence-corrected chi connectivity index (χ0v) is 5.32. The lowest BCUT2D eigenvalue weighted by Crippen LogP contribution is -2.24. The van der Waals surface area contributed by atoms with Gasteiger partial charge in [0, 0.05) is 0 Å². The molecule has 0 aromatic carbocycles. The van der Waals surface area contributed by atoms with Gasteiger partial charge < -0.3 is 20.1 Å². The zero-order chi connectivity index (χ0) is 7.28. The first-order valence-electron chi connectivity index (χ1n) is 2.76. The van der Waals surface area contributed by atoms with Crippen LogP contribution in [0, 0.1) is 0 Å². The van der Waals surface area contributed by atoms with Gasteiger partial charge in [-0.1, -0.05) is 0 Å². The molecule has 9 heavy (non-hydrogen) atoms. The number of ether oxygens (including phenoxy) is 1. The maximum Gasteiger partial charge on any atom is 0.178 e. The van der Waals surface area contributed by atoms with Crippen LogP contribution in [-0.2, 0) is 4.74 Å². The molecule has 0 aromatic rings. The number of hydrogen-bond donors (Lipinski definition) is 3. The predicted molar refractivity (Wildman–Crippen MR) is 30.7 cm³/mol. The summed E-state index contributed by atoms with van der Waals surface area (Å²) in [5.41, 5.74) is 0. The van der Waals surface area contributed by atoms with Crippen LogP contribution in [0.4, 0.5) is 0 Å². The SMILES string of the molecule is CC(CO)OC(O)CO. The Balaban J connectivity index is 3.22. The third kappa shape index (κ3) is 4.35. The third-order valence-electron chi connectivity index (χ3n) is 0.803. The average molecular weight is 136 g/mol. The van der Waals surface area contributed by atoms with Crippen molar-refractivity contribution in [3.8, 4) is 0 Å². The van der Waals surface area contributed by atoms with Gasteiger partial charge in [0.1, 0.15) is 0 Å². The van der Waals surface area contributed by atoms with Crippen molar-refractivity contribution in [2.45, 2.75) is 19.3 Å². The van der Waals surface area contributed by atoms with E-state index in [1.165, 1.54) is 0 Å². The Kier molecular flexibility index (Phi) is 4.61. The summed E-state index contributed by atoms with van der Waals surface area (Å²) in [7, 11) is 0. The van der Waals surface area contributed by atoms with Crippen molar-refractivity contribution in [2.24, 2.45) is 0 Å². The smallest absolute Gasteiger partial charge is 0.178 e. The maximum atomic E-state index is 8.58. The van der Waals surface area contributed by atoms with Crippen LogP contribution in [0.1, 0.15) is 6.92 Å². The number of aliphatic hydroxyl groups is 3. The minimum absolute atomic E-state index is 0.156. The van der Waals surface area contributed by atoms with Crippen LogP contribution in [0.15, 0.2) is 0 Å². The molecule has 4 nitrogen and oxygen atoms in total. The lowest BCUT2D eigenvalue weighted by atomic mass is 10.4. The minimum Gasteiger partial charge on any atom is -0.394 e. The maximum absolute atomic E-state index is 8.58. The molecular weight excluding hydrogens is 124 g/mol. The lowest BCUT2D eigenvalue weighted by molar-refractivity contribution is -0.159. The average Bonchev–Trinajstić information content (AvgIpc) is 1.87. The van der Waals surface area contributed by atoms with Crippen molar-refractivity contribution in [3.63, 3.8) is 0 Å². The quantitative estimate of drug-likeness (QED) is 0.420. The number of aliphatic hydroxyl groups excluding tert-OH is 3. The Hall–Kier alpha value is -0.160. The summed E-state index contributed by atoms with van der Waals surface area (Å²) in [4.78, 5) is 0. The van der Waals surface area contributed by atoms with Gasteiger partial charge in [-0.2, -0.15) is 0 Å². The molecule has 3 N–H and O–H groups in total. The molecule has 0 aliphatic rings. The Morgan fingerprint density at radius 3 is 2.22 bits per heavy atom. The minimum atomic E-state index is -1.17. The fourth-order valence-electron chi connectivity index (χ4n) is 0.354. The molecule has 0 aromatic heterocycles. The van der Waals surface area contributed by atoms with E-state index >= 15 is 0 Å². The van der Waals surface area contributed by atoms with Gasteiger partial charge in [-0.25, -0.2) is 0 Å². The fraction of sp³-hybridized carbons (Fsp3) is 1.00. The Bertz CT molecular complexity index is 58.0. The summed E-state index contributed by atoms with van der Waals surface area (Å²) in [6, 6.07) is 0. The molecule has 0 saturated heterocycles. The molecule has 0 spiro atoms. The molecule has 0 bridgehead atoms. The molecule has 0 aliphatic carbocycles. The van der Waals surface area contributed by atoms with Crippen LogP contribution in [0.3, 0.4) is 0 Å². The Morgan fingerprint density at radius 2 is 1.89 bits per heavy atom. The first kappa shape index (κ1) is 8.84. The van der Waals surface area contributed by atoms with E-state index in [9.17, 15) is 0 Å². The summed E-state index contributed by atoms with van der Waals surface area (Å²) in [6.45, 7) is 1.00. The van der Waals surface area contributed by atoms with E-state index in [-0.39, 0.29) is 6.61 Å². The van der Waals surface area contributed by atoms with E-state index in [2.05, 4.69) is 4.74 Å². The van der Waals surface area contributed by atoms with Crippen LogP contribution in [0.5, 0.6) is 0 Å². The van der Waals surface area contributed by atoms with Crippen molar-refractivity contribution in [1.29, 1.82) is 0 Å². The topological polar surface area (TPSA) is 69.9 Å². The van der Waals surface area contributed by atoms with Crippen molar-refractivity contribution in [2.75, 3.05) is 13.2 Å². The summed E-state index contributed by atoms with van der Waals surface area (Å²) in [6.07, 6.45) is -1.60. The van der Waals surface area contributed by atoms with Gasteiger partial charge in [0.05, 0.1) is 19.3 Å². The molecule has 56 valence electrons. The molecular formula is C5H12O4. The van der Waals surface area contributed by atoms with Crippen molar-refractivity contribution >= 4 is 0 Å². The van der Waals surface area contributed by atoms with Crippen LogP contribution >= 0.6 is 0 Å². The summed E-state index contributed by atoms with van der Waals surface area (Å²) < 4.78 is 4.60. The second-order valence-corrected chi connectivity index (χ2v) is 1.77. The molecule has 0 saturated carbocycles. The highest BCUT2D eigenvalue weighted by Gasteiger charge is 2.06.